The minimum Gasteiger partial charge on any atom is -0.469 e. The van der Waals surface area contributed by atoms with E-state index in [0.29, 0.717) is 0 Å². The number of methoxy groups -OCH3 is 1. The zero-order valence-corrected chi connectivity index (χ0v) is 10.8. The van der Waals surface area contributed by atoms with Gasteiger partial charge in [-0.1, -0.05) is 0 Å². The van der Waals surface area contributed by atoms with Crippen LogP contribution in [0.1, 0.15) is 40.0 Å². The maximum atomic E-state index is 11.5. The van der Waals surface area contributed by atoms with Gasteiger partial charge in [0.25, 0.3) is 0 Å². The van der Waals surface area contributed by atoms with Crippen LogP contribution in [-0.4, -0.2) is 35.5 Å². The monoisotopic (exact) mass is 247 g/mol. The van der Waals surface area contributed by atoms with E-state index in [1.54, 1.807) is 20.8 Å². The van der Waals surface area contributed by atoms with Crippen LogP contribution in [0.5, 0.6) is 0 Å². The number of carbonyl (C=O) groups excluding carboxylic acids is 2. The number of nitrogens with two attached hydrogens (primary N) is 1. The zero-order chi connectivity index (χ0) is 13.7. The van der Waals surface area contributed by atoms with Crippen molar-refractivity contribution in [1.82, 2.24) is 0 Å². The summed E-state index contributed by atoms with van der Waals surface area (Å²) in [6.07, 6.45) is 0.286. The lowest BCUT2D eigenvalue weighted by atomic mass is 10.1. The first-order chi connectivity index (χ1) is 7.58. The molecule has 0 amide bonds. The first-order valence-corrected chi connectivity index (χ1v) is 5.40. The Hall–Kier alpha value is -1.14. The van der Waals surface area contributed by atoms with E-state index in [0.717, 1.165) is 0 Å². The van der Waals surface area contributed by atoms with E-state index in [-0.39, 0.29) is 19.3 Å². The SMILES string of the molecule is COC(=O)CCC[C@](N)(O)C(=O)OC(C)(C)C. The summed E-state index contributed by atoms with van der Waals surface area (Å²) in [5.74, 6) is -1.31. The molecule has 0 saturated heterocycles. The van der Waals surface area contributed by atoms with Crippen LogP contribution in [0.2, 0.25) is 0 Å². The minimum absolute atomic E-state index is 0.0585. The largest absolute Gasteiger partial charge is 0.469 e. The third kappa shape index (κ3) is 6.91. The van der Waals surface area contributed by atoms with E-state index in [4.69, 9.17) is 10.5 Å². The van der Waals surface area contributed by atoms with Gasteiger partial charge in [-0.25, -0.2) is 4.79 Å². The predicted octanol–water partition coefficient (Wildman–Crippen LogP) is 0.319. The molecule has 0 aromatic rings. The second-order valence-corrected chi connectivity index (χ2v) is 4.86. The first kappa shape index (κ1) is 15.9. The smallest absolute Gasteiger partial charge is 0.353 e. The van der Waals surface area contributed by atoms with Gasteiger partial charge in [0.05, 0.1) is 7.11 Å². The van der Waals surface area contributed by atoms with Crippen LogP contribution in [0, 0.1) is 0 Å². The van der Waals surface area contributed by atoms with Crippen LogP contribution in [0.15, 0.2) is 0 Å². The fraction of sp³-hybridized carbons (Fsp3) is 0.818. The van der Waals surface area contributed by atoms with Gasteiger partial charge in [-0.3, -0.25) is 10.5 Å². The minimum atomic E-state index is -2.07. The Morgan fingerprint density at radius 2 is 1.82 bits per heavy atom. The molecule has 3 N–H and O–H groups in total. The van der Waals surface area contributed by atoms with Crippen molar-refractivity contribution in [3.05, 3.63) is 0 Å². The summed E-state index contributed by atoms with van der Waals surface area (Å²) < 4.78 is 9.38. The van der Waals surface area contributed by atoms with Gasteiger partial charge in [-0.05, 0) is 27.2 Å². The molecular formula is C11H21NO5. The highest BCUT2D eigenvalue weighted by atomic mass is 16.6. The molecule has 0 aliphatic carbocycles. The predicted molar refractivity (Wildman–Crippen MR) is 60.8 cm³/mol. The highest BCUT2D eigenvalue weighted by Crippen LogP contribution is 2.15. The van der Waals surface area contributed by atoms with Crippen molar-refractivity contribution in [3.63, 3.8) is 0 Å². The Balaban J connectivity index is 4.19. The van der Waals surface area contributed by atoms with Crippen molar-refractivity contribution >= 4 is 11.9 Å². The van der Waals surface area contributed by atoms with Crippen LogP contribution in [0.4, 0.5) is 0 Å². The molecule has 17 heavy (non-hydrogen) atoms. The zero-order valence-electron chi connectivity index (χ0n) is 10.8. The van der Waals surface area contributed by atoms with Crippen LogP contribution in [0.25, 0.3) is 0 Å². The summed E-state index contributed by atoms with van der Waals surface area (Å²) in [6.45, 7) is 5.03. The number of esters is 2. The Morgan fingerprint density at radius 1 is 1.29 bits per heavy atom. The van der Waals surface area contributed by atoms with Gasteiger partial charge in [0, 0.05) is 12.8 Å². The maximum Gasteiger partial charge on any atom is 0.353 e. The van der Waals surface area contributed by atoms with Crippen molar-refractivity contribution in [2.75, 3.05) is 7.11 Å². The van der Waals surface area contributed by atoms with Crippen LogP contribution in [-0.2, 0) is 19.1 Å². The van der Waals surface area contributed by atoms with Gasteiger partial charge in [0.2, 0.25) is 5.72 Å². The topological polar surface area (TPSA) is 98.9 Å². The normalized spacial score (nSPS) is 14.9. The molecule has 0 rings (SSSR count). The lowest BCUT2D eigenvalue weighted by molar-refractivity contribution is -0.177. The molecule has 0 bridgehead atoms. The molecule has 1 atom stereocenters. The number of ether oxygens (including phenoxy) is 2. The molecule has 0 heterocycles. The molecule has 0 aromatic carbocycles. The van der Waals surface area contributed by atoms with Crippen molar-refractivity contribution < 1.29 is 24.2 Å². The second kappa shape index (κ2) is 5.97. The van der Waals surface area contributed by atoms with E-state index in [1.807, 2.05) is 0 Å². The number of hydrogen-bond acceptors (Lipinski definition) is 6. The summed E-state index contributed by atoms with van der Waals surface area (Å²) in [4.78, 5) is 22.3. The molecular weight excluding hydrogens is 226 g/mol. The van der Waals surface area contributed by atoms with E-state index in [9.17, 15) is 14.7 Å². The quantitative estimate of drug-likeness (QED) is 0.536. The summed E-state index contributed by atoms with van der Waals surface area (Å²) in [7, 11) is 1.27. The molecule has 0 radical (unpaired) electrons. The lowest BCUT2D eigenvalue weighted by Gasteiger charge is -2.27. The third-order valence-electron chi connectivity index (χ3n) is 1.92. The Labute approximate surface area is 101 Å². The van der Waals surface area contributed by atoms with Crippen molar-refractivity contribution in [2.45, 2.75) is 51.4 Å². The lowest BCUT2D eigenvalue weighted by Crippen LogP contribution is -2.51. The maximum absolute atomic E-state index is 11.5. The number of aliphatic hydroxyl groups is 1. The van der Waals surface area contributed by atoms with Gasteiger partial charge in [0.15, 0.2) is 0 Å². The molecule has 6 nitrogen and oxygen atoms in total. The van der Waals surface area contributed by atoms with Gasteiger partial charge >= 0.3 is 11.9 Å². The Kier molecular flexibility index (Phi) is 5.57. The van der Waals surface area contributed by atoms with Crippen LogP contribution in [0.3, 0.4) is 0 Å². The average molecular weight is 247 g/mol. The third-order valence-corrected chi connectivity index (χ3v) is 1.92. The fourth-order valence-electron chi connectivity index (χ4n) is 1.07. The van der Waals surface area contributed by atoms with E-state index < -0.39 is 23.3 Å². The number of rotatable bonds is 5. The van der Waals surface area contributed by atoms with Crippen LogP contribution < -0.4 is 5.73 Å². The molecule has 0 aliphatic rings. The molecule has 100 valence electrons. The highest BCUT2D eigenvalue weighted by Gasteiger charge is 2.35. The molecule has 0 fully saturated rings. The summed E-state index contributed by atoms with van der Waals surface area (Å²) in [5.41, 5.74) is 2.64. The van der Waals surface area contributed by atoms with E-state index >= 15 is 0 Å². The number of carbonyl (C=O) groups is 2. The van der Waals surface area contributed by atoms with Crippen LogP contribution >= 0.6 is 0 Å². The van der Waals surface area contributed by atoms with Crippen molar-refractivity contribution in [2.24, 2.45) is 5.73 Å². The number of hydrogen-bond donors (Lipinski definition) is 2. The fourth-order valence-corrected chi connectivity index (χ4v) is 1.07. The van der Waals surface area contributed by atoms with E-state index in [2.05, 4.69) is 4.74 Å². The molecule has 0 saturated carbocycles. The molecule has 0 aliphatic heterocycles. The van der Waals surface area contributed by atoms with Crippen molar-refractivity contribution in [3.8, 4) is 0 Å². The summed E-state index contributed by atoms with van der Waals surface area (Å²) >= 11 is 0. The van der Waals surface area contributed by atoms with Gasteiger partial charge in [0.1, 0.15) is 5.60 Å². The summed E-state index contributed by atoms with van der Waals surface area (Å²) in [6, 6.07) is 0. The first-order valence-electron chi connectivity index (χ1n) is 5.40. The highest BCUT2D eigenvalue weighted by molar-refractivity contribution is 5.78. The molecule has 0 unspecified atom stereocenters. The summed E-state index contributed by atoms with van der Waals surface area (Å²) in [5, 5.41) is 9.68. The molecule has 0 spiro atoms. The van der Waals surface area contributed by atoms with Gasteiger partial charge in [-0.15, -0.1) is 0 Å². The average Bonchev–Trinajstić information content (AvgIpc) is 2.14. The van der Waals surface area contributed by atoms with Crippen molar-refractivity contribution in [1.29, 1.82) is 0 Å². The second-order valence-electron chi connectivity index (χ2n) is 4.86. The standard InChI is InChI=1S/C11H21NO5/c1-10(2,3)17-9(14)11(12,15)7-5-6-8(13)16-4/h15H,5-7,12H2,1-4H3/t11-/m0/s1. The molecule has 6 heteroatoms. The van der Waals surface area contributed by atoms with Gasteiger partial charge in [-0.2, -0.15) is 0 Å². The Bertz CT molecular complexity index is 280. The molecule has 0 aromatic heterocycles. The Morgan fingerprint density at radius 3 is 2.24 bits per heavy atom. The van der Waals surface area contributed by atoms with Gasteiger partial charge < -0.3 is 14.6 Å². The van der Waals surface area contributed by atoms with E-state index in [1.165, 1.54) is 7.11 Å².